The number of aromatic nitrogens is 1. The van der Waals surface area contributed by atoms with Gasteiger partial charge in [-0.3, -0.25) is 0 Å². The van der Waals surface area contributed by atoms with Crippen molar-refractivity contribution in [3.63, 3.8) is 0 Å². The van der Waals surface area contributed by atoms with E-state index in [-0.39, 0.29) is 22.6 Å². The van der Waals surface area contributed by atoms with E-state index in [1.165, 1.54) is 24.3 Å². The first-order valence-corrected chi connectivity index (χ1v) is 9.40. The van der Waals surface area contributed by atoms with Gasteiger partial charge in [0.2, 0.25) is 0 Å². The summed E-state index contributed by atoms with van der Waals surface area (Å²) in [5, 5.41) is 12.6. The molecule has 0 atom stereocenters. The molecule has 0 unspecified atom stereocenters. The number of sulfone groups is 1. The van der Waals surface area contributed by atoms with E-state index in [2.05, 4.69) is 5.16 Å². The summed E-state index contributed by atoms with van der Waals surface area (Å²) in [6.45, 7) is -1.13. The van der Waals surface area contributed by atoms with E-state index < -0.39 is 33.0 Å². The molecule has 1 aromatic heterocycles. The van der Waals surface area contributed by atoms with Crippen molar-refractivity contribution in [2.45, 2.75) is 11.6 Å². The number of hydrogen-bond donors (Lipinski definition) is 0. The third kappa shape index (κ3) is 3.44. The lowest BCUT2D eigenvalue weighted by Gasteiger charge is -2.08. The summed E-state index contributed by atoms with van der Waals surface area (Å²) in [6.07, 6.45) is 0.749. The zero-order valence-electron chi connectivity index (χ0n) is 13.8. The molecule has 27 heavy (non-hydrogen) atoms. The van der Waals surface area contributed by atoms with Crippen LogP contribution in [-0.2, 0) is 16.5 Å². The molecule has 5 nitrogen and oxygen atoms in total. The SMILES string of the molecule is CS(=O)(=O)c1cc(F)c(-c2c(-c3ccc(C#N)cc3)noc2CF)cc1F. The maximum Gasteiger partial charge on any atom is 0.178 e. The molecule has 1 heterocycles. The quantitative estimate of drug-likeness (QED) is 0.669. The second-order valence-corrected chi connectivity index (χ2v) is 7.67. The highest BCUT2D eigenvalue weighted by Gasteiger charge is 2.25. The van der Waals surface area contributed by atoms with Crippen LogP contribution < -0.4 is 0 Å². The maximum atomic E-state index is 14.6. The normalized spacial score (nSPS) is 11.4. The molecule has 0 N–H and O–H groups in total. The van der Waals surface area contributed by atoms with Crippen molar-refractivity contribution >= 4 is 9.84 Å². The van der Waals surface area contributed by atoms with Crippen LogP contribution >= 0.6 is 0 Å². The molecular weight excluding hydrogens is 381 g/mol. The fourth-order valence-electron chi connectivity index (χ4n) is 2.60. The van der Waals surface area contributed by atoms with Gasteiger partial charge in [-0.15, -0.1) is 0 Å². The molecule has 0 saturated carbocycles. The highest BCUT2D eigenvalue weighted by Crippen LogP contribution is 2.38. The van der Waals surface area contributed by atoms with Gasteiger partial charge in [0.1, 0.15) is 22.2 Å². The lowest BCUT2D eigenvalue weighted by molar-refractivity contribution is 0.332. The highest BCUT2D eigenvalue weighted by atomic mass is 32.2. The molecule has 0 spiro atoms. The predicted molar refractivity (Wildman–Crippen MR) is 89.9 cm³/mol. The molecule has 0 bridgehead atoms. The summed E-state index contributed by atoms with van der Waals surface area (Å²) >= 11 is 0. The van der Waals surface area contributed by atoms with E-state index in [0.29, 0.717) is 23.3 Å². The van der Waals surface area contributed by atoms with E-state index >= 15 is 0 Å². The number of nitrogens with zero attached hydrogens (tertiary/aromatic N) is 2. The first kappa shape index (κ1) is 18.7. The second-order valence-electron chi connectivity index (χ2n) is 5.69. The molecule has 0 aliphatic carbocycles. The zero-order valence-corrected chi connectivity index (χ0v) is 14.6. The van der Waals surface area contributed by atoms with Gasteiger partial charge in [0.05, 0.1) is 17.2 Å². The van der Waals surface area contributed by atoms with Crippen molar-refractivity contribution < 1.29 is 26.1 Å². The van der Waals surface area contributed by atoms with Crippen molar-refractivity contribution in [3.05, 3.63) is 59.4 Å². The molecule has 3 rings (SSSR count). The first-order valence-electron chi connectivity index (χ1n) is 7.50. The van der Waals surface area contributed by atoms with Crippen LogP contribution in [-0.4, -0.2) is 19.8 Å². The Hall–Kier alpha value is -3.12. The molecule has 0 aliphatic rings. The summed E-state index contributed by atoms with van der Waals surface area (Å²) < 4.78 is 70.2. The lowest BCUT2D eigenvalue weighted by atomic mass is 9.98. The lowest BCUT2D eigenvalue weighted by Crippen LogP contribution is -2.03. The monoisotopic (exact) mass is 392 g/mol. The number of rotatable bonds is 4. The Balaban J connectivity index is 2.24. The molecule has 0 aliphatic heterocycles. The minimum Gasteiger partial charge on any atom is -0.357 e. The van der Waals surface area contributed by atoms with Crippen LogP contribution in [0.15, 0.2) is 45.8 Å². The molecule has 2 aromatic carbocycles. The van der Waals surface area contributed by atoms with Crippen molar-refractivity contribution in [3.8, 4) is 28.5 Å². The van der Waals surface area contributed by atoms with Crippen molar-refractivity contribution in [2.24, 2.45) is 0 Å². The average Bonchev–Trinajstić information content (AvgIpc) is 3.06. The summed E-state index contributed by atoms with van der Waals surface area (Å²) in [5.74, 6) is -2.57. The van der Waals surface area contributed by atoms with Gasteiger partial charge >= 0.3 is 0 Å². The van der Waals surface area contributed by atoms with Gasteiger partial charge < -0.3 is 4.52 Å². The van der Waals surface area contributed by atoms with Gasteiger partial charge in [-0.1, -0.05) is 17.3 Å². The van der Waals surface area contributed by atoms with Crippen LogP contribution in [0.4, 0.5) is 13.2 Å². The summed E-state index contributed by atoms with van der Waals surface area (Å²) in [4.78, 5) is -0.804. The van der Waals surface area contributed by atoms with Crippen molar-refractivity contribution in [2.75, 3.05) is 6.26 Å². The van der Waals surface area contributed by atoms with E-state index in [4.69, 9.17) is 9.78 Å². The number of benzene rings is 2. The Bertz CT molecular complexity index is 1160. The molecule has 3 aromatic rings. The number of alkyl halides is 1. The fourth-order valence-corrected chi connectivity index (χ4v) is 3.33. The van der Waals surface area contributed by atoms with Crippen LogP contribution in [0.3, 0.4) is 0 Å². The molecule has 0 saturated heterocycles. The second kappa shape index (κ2) is 6.89. The average molecular weight is 392 g/mol. The Morgan fingerprint density at radius 1 is 1.15 bits per heavy atom. The Morgan fingerprint density at radius 3 is 2.37 bits per heavy atom. The van der Waals surface area contributed by atoms with Gasteiger partial charge in [-0.2, -0.15) is 5.26 Å². The standard InChI is InChI=1S/C18H11F3N2O3S/c1-27(24,25)16-7-13(20)12(6-14(16)21)17-15(8-19)26-23-18(17)11-4-2-10(9-22)3-5-11/h2-7H,8H2,1H3. The molecule has 138 valence electrons. The summed E-state index contributed by atoms with van der Waals surface area (Å²) in [5.41, 5.74) is 0.285. The number of nitriles is 1. The van der Waals surface area contributed by atoms with Gasteiger partial charge in [-0.05, 0) is 24.3 Å². The smallest absolute Gasteiger partial charge is 0.178 e. The van der Waals surface area contributed by atoms with E-state index in [9.17, 15) is 21.6 Å². The van der Waals surface area contributed by atoms with Crippen LogP contribution in [0.1, 0.15) is 11.3 Å². The van der Waals surface area contributed by atoms with Crippen LogP contribution in [0.2, 0.25) is 0 Å². The molecule has 0 amide bonds. The van der Waals surface area contributed by atoms with Crippen molar-refractivity contribution in [1.82, 2.24) is 5.16 Å². The fraction of sp³-hybridized carbons (Fsp3) is 0.111. The minimum absolute atomic E-state index is 0.0394. The largest absolute Gasteiger partial charge is 0.357 e. The van der Waals surface area contributed by atoms with Gasteiger partial charge in [0.25, 0.3) is 0 Å². The predicted octanol–water partition coefficient (Wildman–Crippen LogP) is 4.03. The third-order valence-corrected chi connectivity index (χ3v) is 4.97. The maximum absolute atomic E-state index is 14.6. The van der Waals surface area contributed by atoms with Crippen LogP contribution in [0.5, 0.6) is 0 Å². The Morgan fingerprint density at radius 2 is 1.81 bits per heavy atom. The molecule has 9 heteroatoms. The molecule has 0 fully saturated rings. The van der Waals surface area contributed by atoms with Crippen molar-refractivity contribution in [1.29, 1.82) is 5.26 Å². The topological polar surface area (TPSA) is 84.0 Å². The van der Waals surface area contributed by atoms with E-state index in [1.807, 2.05) is 6.07 Å². The van der Waals surface area contributed by atoms with E-state index in [1.54, 1.807) is 0 Å². The zero-order chi connectivity index (χ0) is 19.8. The minimum atomic E-state index is -3.99. The molecular formula is C18H11F3N2O3S. The first-order chi connectivity index (χ1) is 12.8. The van der Waals surface area contributed by atoms with Gasteiger partial charge in [0.15, 0.2) is 22.3 Å². The summed E-state index contributed by atoms with van der Waals surface area (Å²) in [6, 6.07) is 9.11. The Labute approximate surface area is 152 Å². The Kier molecular flexibility index (Phi) is 4.76. The van der Waals surface area contributed by atoms with E-state index in [0.717, 1.165) is 6.26 Å². The van der Waals surface area contributed by atoms with Gasteiger partial charge in [-0.25, -0.2) is 21.6 Å². The number of hydrogen-bond acceptors (Lipinski definition) is 5. The summed E-state index contributed by atoms with van der Waals surface area (Å²) in [7, 11) is -3.99. The highest BCUT2D eigenvalue weighted by molar-refractivity contribution is 7.90. The number of halogens is 3. The van der Waals surface area contributed by atoms with Crippen LogP contribution in [0, 0.1) is 23.0 Å². The third-order valence-electron chi connectivity index (χ3n) is 3.86. The molecule has 0 radical (unpaired) electrons. The van der Waals surface area contributed by atoms with Gasteiger partial charge in [0, 0.05) is 17.4 Å². The van der Waals surface area contributed by atoms with Crippen LogP contribution in [0.25, 0.3) is 22.4 Å².